The molecule has 0 aliphatic rings. The zero-order valence-electron chi connectivity index (χ0n) is 12.2. The molecule has 0 aliphatic heterocycles. The smallest absolute Gasteiger partial charge is 0.255 e. The molecule has 5 heteroatoms. The fourth-order valence-corrected chi connectivity index (χ4v) is 1.95. The van der Waals surface area contributed by atoms with Gasteiger partial charge >= 0.3 is 0 Å². The van der Waals surface area contributed by atoms with E-state index in [1.165, 1.54) is 19.2 Å². The van der Waals surface area contributed by atoms with Crippen molar-refractivity contribution < 1.29 is 13.9 Å². The maximum atomic E-state index is 13.7. The van der Waals surface area contributed by atoms with Gasteiger partial charge in [0, 0.05) is 16.8 Å². The van der Waals surface area contributed by atoms with Gasteiger partial charge in [0.15, 0.2) is 0 Å². The van der Waals surface area contributed by atoms with Crippen LogP contribution in [0.15, 0.2) is 30.3 Å². The van der Waals surface area contributed by atoms with E-state index in [2.05, 4.69) is 5.32 Å². The number of hydrogen-bond donors (Lipinski definition) is 2. The van der Waals surface area contributed by atoms with Crippen molar-refractivity contribution in [1.29, 1.82) is 0 Å². The van der Waals surface area contributed by atoms with Gasteiger partial charge in [-0.1, -0.05) is 6.07 Å². The molecule has 0 unspecified atom stereocenters. The third-order valence-corrected chi connectivity index (χ3v) is 3.25. The summed E-state index contributed by atoms with van der Waals surface area (Å²) >= 11 is 0. The monoisotopic (exact) mass is 288 g/mol. The summed E-state index contributed by atoms with van der Waals surface area (Å²) in [6, 6.07) is 8.04. The van der Waals surface area contributed by atoms with Crippen molar-refractivity contribution in [2.75, 3.05) is 18.2 Å². The molecule has 0 saturated heterocycles. The first-order valence-corrected chi connectivity index (χ1v) is 6.44. The van der Waals surface area contributed by atoms with E-state index in [-0.39, 0.29) is 11.3 Å². The van der Waals surface area contributed by atoms with Crippen LogP contribution < -0.4 is 15.8 Å². The number of ether oxygens (including phenoxy) is 1. The molecule has 0 aromatic heterocycles. The Morgan fingerprint density at radius 3 is 2.57 bits per heavy atom. The molecule has 0 atom stereocenters. The summed E-state index contributed by atoms with van der Waals surface area (Å²) in [5.41, 5.74) is 7.94. The minimum absolute atomic E-state index is 0.166. The van der Waals surface area contributed by atoms with Crippen molar-refractivity contribution in [3.05, 3.63) is 52.8 Å². The Hall–Kier alpha value is -2.56. The fourth-order valence-electron chi connectivity index (χ4n) is 1.95. The second-order valence-electron chi connectivity index (χ2n) is 4.83. The van der Waals surface area contributed by atoms with Gasteiger partial charge in [-0.2, -0.15) is 0 Å². The van der Waals surface area contributed by atoms with E-state index in [1.807, 2.05) is 13.0 Å². The van der Waals surface area contributed by atoms with Crippen molar-refractivity contribution in [1.82, 2.24) is 0 Å². The number of rotatable bonds is 3. The number of hydrogen-bond acceptors (Lipinski definition) is 3. The number of benzene rings is 2. The van der Waals surface area contributed by atoms with Crippen molar-refractivity contribution in [2.45, 2.75) is 13.8 Å². The van der Waals surface area contributed by atoms with Crippen LogP contribution >= 0.6 is 0 Å². The highest BCUT2D eigenvalue weighted by Gasteiger charge is 2.13. The van der Waals surface area contributed by atoms with Gasteiger partial charge in [-0.05, 0) is 43.7 Å². The van der Waals surface area contributed by atoms with Crippen LogP contribution in [-0.4, -0.2) is 13.0 Å². The van der Waals surface area contributed by atoms with Crippen molar-refractivity contribution >= 4 is 17.3 Å². The molecule has 110 valence electrons. The molecule has 0 fully saturated rings. The first kappa shape index (κ1) is 14.8. The van der Waals surface area contributed by atoms with Crippen molar-refractivity contribution in [3.63, 3.8) is 0 Å². The molecule has 0 bridgehead atoms. The molecule has 1 amide bonds. The summed E-state index contributed by atoms with van der Waals surface area (Å²) in [5, 5.41) is 2.71. The van der Waals surface area contributed by atoms with Gasteiger partial charge in [0.05, 0.1) is 12.8 Å². The fraction of sp³-hybridized carbons (Fsp3) is 0.188. The molecule has 2 aromatic carbocycles. The molecule has 21 heavy (non-hydrogen) atoms. The summed E-state index contributed by atoms with van der Waals surface area (Å²) in [7, 11) is 1.52. The van der Waals surface area contributed by atoms with E-state index >= 15 is 0 Å². The molecule has 2 aromatic rings. The van der Waals surface area contributed by atoms with Crippen LogP contribution in [0.3, 0.4) is 0 Å². The first-order valence-electron chi connectivity index (χ1n) is 6.44. The van der Waals surface area contributed by atoms with Gasteiger partial charge in [0.1, 0.15) is 11.6 Å². The van der Waals surface area contributed by atoms with E-state index in [9.17, 15) is 9.18 Å². The number of carbonyl (C=O) groups is 1. The molecule has 2 rings (SSSR count). The van der Waals surface area contributed by atoms with Crippen LogP contribution in [0.25, 0.3) is 0 Å². The number of halogens is 1. The predicted octanol–water partition coefficient (Wildman–Crippen LogP) is 3.29. The van der Waals surface area contributed by atoms with Gasteiger partial charge in [-0.3, -0.25) is 4.79 Å². The Bertz CT molecular complexity index is 676. The molecule has 4 nitrogen and oxygen atoms in total. The number of methoxy groups -OCH3 is 1. The number of amides is 1. The quantitative estimate of drug-likeness (QED) is 0.852. The average molecular weight is 288 g/mol. The minimum atomic E-state index is -0.503. The molecular formula is C16H17FN2O2. The lowest BCUT2D eigenvalue weighted by Gasteiger charge is -2.12. The molecule has 0 spiro atoms. The summed E-state index contributed by atoms with van der Waals surface area (Å²) in [6.07, 6.45) is 0. The van der Waals surface area contributed by atoms with E-state index < -0.39 is 11.7 Å². The van der Waals surface area contributed by atoms with Crippen LogP contribution in [-0.2, 0) is 0 Å². The van der Waals surface area contributed by atoms with Crippen LogP contribution in [0.4, 0.5) is 15.8 Å². The second kappa shape index (κ2) is 5.83. The summed E-state index contributed by atoms with van der Waals surface area (Å²) in [4.78, 5) is 12.2. The zero-order valence-corrected chi connectivity index (χ0v) is 12.2. The van der Waals surface area contributed by atoms with Crippen molar-refractivity contribution in [2.24, 2.45) is 0 Å². The Kier molecular flexibility index (Phi) is 4.12. The normalized spacial score (nSPS) is 10.3. The molecule has 0 radical (unpaired) electrons. The van der Waals surface area contributed by atoms with Gasteiger partial charge in [0.25, 0.3) is 5.91 Å². The number of nitrogens with one attached hydrogen (secondary N) is 1. The Balaban J connectivity index is 2.32. The Morgan fingerprint density at radius 1 is 1.24 bits per heavy atom. The van der Waals surface area contributed by atoms with E-state index in [4.69, 9.17) is 10.5 Å². The van der Waals surface area contributed by atoms with E-state index in [0.717, 1.165) is 5.56 Å². The number of nitrogen functional groups attached to an aromatic ring is 1. The van der Waals surface area contributed by atoms with Crippen molar-refractivity contribution in [3.8, 4) is 5.75 Å². The maximum Gasteiger partial charge on any atom is 0.255 e. The molecule has 0 saturated carbocycles. The number of aryl methyl sites for hydroxylation is 1. The molecule has 3 N–H and O–H groups in total. The van der Waals surface area contributed by atoms with Crippen LogP contribution in [0, 0.1) is 19.7 Å². The maximum absolute atomic E-state index is 13.7. The summed E-state index contributed by atoms with van der Waals surface area (Å²) < 4.78 is 18.9. The van der Waals surface area contributed by atoms with Crippen LogP contribution in [0.5, 0.6) is 5.75 Å². The number of anilines is 2. The average Bonchev–Trinajstić information content (AvgIpc) is 2.44. The third kappa shape index (κ3) is 3.13. The second-order valence-corrected chi connectivity index (χ2v) is 4.83. The molecular weight excluding hydrogens is 271 g/mol. The number of carbonyl (C=O) groups excluding carboxylic acids is 1. The highest BCUT2D eigenvalue weighted by atomic mass is 19.1. The third-order valence-electron chi connectivity index (χ3n) is 3.25. The van der Waals surface area contributed by atoms with Crippen LogP contribution in [0.2, 0.25) is 0 Å². The van der Waals surface area contributed by atoms with Gasteiger partial charge in [-0.15, -0.1) is 0 Å². The van der Waals surface area contributed by atoms with Gasteiger partial charge < -0.3 is 15.8 Å². The van der Waals surface area contributed by atoms with E-state index in [1.54, 1.807) is 19.1 Å². The summed E-state index contributed by atoms with van der Waals surface area (Å²) in [6.45, 7) is 3.47. The predicted molar refractivity (Wildman–Crippen MR) is 81.2 cm³/mol. The lowest BCUT2D eigenvalue weighted by atomic mass is 10.1. The lowest BCUT2D eigenvalue weighted by molar-refractivity contribution is 0.102. The topological polar surface area (TPSA) is 64.3 Å². The van der Waals surface area contributed by atoms with Crippen LogP contribution in [0.1, 0.15) is 21.5 Å². The highest BCUT2D eigenvalue weighted by molar-refractivity contribution is 6.05. The summed E-state index contributed by atoms with van der Waals surface area (Å²) in [5.74, 6) is -0.407. The molecule has 0 aliphatic carbocycles. The molecule has 0 heterocycles. The number of nitrogens with two attached hydrogens (primary N) is 1. The SMILES string of the molecule is COc1ccc(C)cc1NC(=O)c1cc(N)c(C)c(F)c1. The zero-order chi connectivity index (χ0) is 15.6. The van der Waals surface area contributed by atoms with E-state index in [0.29, 0.717) is 17.0 Å². The largest absolute Gasteiger partial charge is 0.495 e. The van der Waals surface area contributed by atoms with Gasteiger partial charge in [-0.25, -0.2) is 4.39 Å². The first-order chi connectivity index (χ1) is 9.92. The lowest BCUT2D eigenvalue weighted by Crippen LogP contribution is -2.14. The standard InChI is InChI=1S/C16H17FN2O2/c1-9-4-5-15(21-3)14(6-9)19-16(20)11-7-12(17)10(2)13(18)8-11/h4-8H,18H2,1-3H3,(H,19,20). The minimum Gasteiger partial charge on any atom is -0.495 e. The Labute approximate surface area is 122 Å². The van der Waals surface area contributed by atoms with Gasteiger partial charge in [0.2, 0.25) is 0 Å². The Morgan fingerprint density at radius 2 is 1.95 bits per heavy atom. The highest BCUT2D eigenvalue weighted by Crippen LogP contribution is 2.26.